The zero-order valence-corrected chi connectivity index (χ0v) is 13.6. The average molecular weight is 346 g/mol. The third kappa shape index (κ3) is 3.34. The fraction of sp³-hybridized carbons (Fsp3) is 0.0556. The smallest absolute Gasteiger partial charge is 0.270 e. The predicted molar refractivity (Wildman–Crippen MR) is 94.7 cm³/mol. The van der Waals surface area contributed by atoms with Crippen molar-refractivity contribution in [3.63, 3.8) is 0 Å². The zero-order chi connectivity index (χ0) is 17.8. The van der Waals surface area contributed by atoms with Crippen LogP contribution in [-0.4, -0.2) is 25.8 Å². The van der Waals surface area contributed by atoms with E-state index in [0.717, 1.165) is 5.39 Å². The molecule has 0 aliphatic rings. The summed E-state index contributed by atoms with van der Waals surface area (Å²) in [6, 6.07) is 7.03. The number of fused-ring (bicyclic) bond motifs is 1. The maximum Gasteiger partial charge on any atom is 0.270 e. The lowest BCUT2D eigenvalue weighted by molar-refractivity contribution is 0.0943. The van der Waals surface area contributed by atoms with E-state index in [4.69, 9.17) is 4.42 Å². The molecule has 0 radical (unpaired) electrons. The van der Waals surface area contributed by atoms with Gasteiger partial charge in [-0.2, -0.15) is 0 Å². The fourth-order valence-electron chi connectivity index (χ4n) is 2.43. The van der Waals surface area contributed by atoms with Crippen LogP contribution in [-0.2, 0) is 6.54 Å². The van der Waals surface area contributed by atoms with Gasteiger partial charge in [-0.05, 0) is 24.3 Å². The van der Waals surface area contributed by atoms with Crippen molar-refractivity contribution in [1.29, 1.82) is 0 Å². The minimum Gasteiger partial charge on any atom is -0.467 e. The molecule has 2 N–H and O–H groups in total. The summed E-state index contributed by atoms with van der Waals surface area (Å²) in [5.41, 5.74) is 1.57. The first-order valence-corrected chi connectivity index (χ1v) is 7.88. The van der Waals surface area contributed by atoms with Crippen LogP contribution in [0.2, 0.25) is 0 Å². The van der Waals surface area contributed by atoms with E-state index in [2.05, 4.69) is 30.6 Å². The maximum atomic E-state index is 12.4. The van der Waals surface area contributed by atoms with Gasteiger partial charge in [-0.3, -0.25) is 14.8 Å². The molecule has 4 heterocycles. The van der Waals surface area contributed by atoms with Crippen LogP contribution in [0.25, 0.3) is 10.9 Å². The number of hydrogen-bond acceptors (Lipinski definition) is 7. The summed E-state index contributed by atoms with van der Waals surface area (Å²) in [7, 11) is 0. The van der Waals surface area contributed by atoms with Gasteiger partial charge in [-0.25, -0.2) is 9.97 Å². The SMILES string of the molecule is O=C(NCc1ccco1)c1ccc2cncc(Nc3cnccn3)c2n1. The van der Waals surface area contributed by atoms with Crippen molar-refractivity contribution in [2.75, 3.05) is 5.32 Å². The van der Waals surface area contributed by atoms with Crippen molar-refractivity contribution >= 4 is 28.3 Å². The third-order valence-electron chi connectivity index (χ3n) is 3.66. The summed E-state index contributed by atoms with van der Waals surface area (Å²) in [5.74, 6) is 0.954. The van der Waals surface area contributed by atoms with Crippen LogP contribution in [0.4, 0.5) is 11.5 Å². The second-order valence-electron chi connectivity index (χ2n) is 5.43. The van der Waals surface area contributed by atoms with Crippen molar-refractivity contribution in [3.05, 3.63) is 73.0 Å². The molecule has 128 valence electrons. The van der Waals surface area contributed by atoms with Gasteiger partial charge in [0.2, 0.25) is 0 Å². The largest absolute Gasteiger partial charge is 0.467 e. The highest BCUT2D eigenvalue weighted by atomic mass is 16.3. The molecule has 0 aliphatic carbocycles. The van der Waals surface area contributed by atoms with E-state index >= 15 is 0 Å². The van der Waals surface area contributed by atoms with Crippen molar-refractivity contribution in [2.24, 2.45) is 0 Å². The minimum absolute atomic E-state index is 0.287. The molecule has 0 fully saturated rings. The van der Waals surface area contributed by atoms with E-state index in [1.54, 1.807) is 61.5 Å². The molecule has 0 saturated heterocycles. The van der Waals surface area contributed by atoms with Crippen molar-refractivity contribution in [1.82, 2.24) is 25.3 Å². The molecule has 0 bridgehead atoms. The molecule has 0 unspecified atom stereocenters. The molecule has 26 heavy (non-hydrogen) atoms. The molecule has 0 spiro atoms. The fourth-order valence-corrected chi connectivity index (χ4v) is 2.43. The summed E-state index contributed by atoms with van der Waals surface area (Å²) in [5, 5.41) is 6.71. The molecular weight excluding hydrogens is 332 g/mol. The third-order valence-corrected chi connectivity index (χ3v) is 3.66. The van der Waals surface area contributed by atoms with Gasteiger partial charge >= 0.3 is 0 Å². The standard InChI is InChI=1S/C18H14N6O2/c25-18(22-9-13-2-1-7-26-13)14-4-3-12-8-20-10-15(17(12)24-14)23-16-11-19-5-6-21-16/h1-8,10-11H,9H2,(H,21,23)(H,22,25). The molecular formula is C18H14N6O2. The van der Waals surface area contributed by atoms with E-state index in [9.17, 15) is 4.79 Å². The molecule has 4 aromatic heterocycles. The lowest BCUT2D eigenvalue weighted by atomic mass is 10.2. The molecule has 0 atom stereocenters. The van der Waals surface area contributed by atoms with Crippen LogP contribution in [0, 0.1) is 0 Å². The van der Waals surface area contributed by atoms with Gasteiger partial charge in [0.15, 0.2) is 0 Å². The van der Waals surface area contributed by atoms with Gasteiger partial charge in [0.1, 0.15) is 17.3 Å². The first kappa shape index (κ1) is 15.7. The highest BCUT2D eigenvalue weighted by Gasteiger charge is 2.11. The number of rotatable bonds is 5. The average Bonchev–Trinajstić information content (AvgIpc) is 3.20. The zero-order valence-electron chi connectivity index (χ0n) is 13.6. The maximum absolute atomic E-state index is 12.4. The van der Waals surface area contributed by atoms with Crippen molar-refractivity contribution in [3.8, 4) is 0 Å². The topological polar surface area (TPSA) is 106 Å². The molecule has 4 rings (SSSR count). The minimum atomic E-state index is -0.287. The Morgan fingerprint density at radius 3 is 2.85 bits per heavy atom. The van der Waals surface area contributed by atoms with E-state index < -0.39 is 0 Å². The van der Waals surface area contributed by atoms with Crippen LogP contribution >= 0.6 is 0 Å². The molecule has 8 nitrogen and oxygen atoms in total. The first-order chi connectivity index (χ1) is 12.8. The second kappa shape index (κ2) is 6.98. The van der Waals surface area contributed by atoms with E-state index in [0.29, 0.717) is 35.0 Å². The monoisotopic (exact) mass is 346 g/mol. The lowest BCUT2D eigenvalue weighted by Gasteiger charge is -2.09. The first-order valence-electron chi connectivity index (χ1n) is 7.88. The molecule has 4 aromatic rings. The van der Waals surface area contributed by atoms with Gasteiger partial charge in [0, 0.05) is 24.0 Å². The number of amides is 1. The van der Waals surface area contributed by atoms with E-state index in [-0.39, 0.29) is 5.91 Å². The Labute approximate surface area is 148 Å². The van der Waals surface area contributed by atoms with Crippen LogP contribution in [0.5, 0.6) is 0 Å². The van der Waals surface area contributed by atoms with Crippen molar-refractivity contribution < 1.29 is 9.21 Å². The number of pyridine rings is 2. The number of nitrogens with zero attached hydrogens (tertiary/aromatic N) is 4. The Kier molecular flexibility index (Phi) is 4.21. The number of aromatic nitrogens is 4. The van der Waals surface area contributed by atoms with Crippen LogP contribution < -0.4 is 10.6 Å². The lowest BCUT2D eigenvalue weighted by Crippen LogP contribution is -2.23. The number of anilines is 2. The molecule has 0 aliphatic heterocycles. The Morgan fingerprint density at radius 2 is 2.04 bits per heavy atom. The molecule has 8 heteroatoms. The molecule has 0 aromatic carbocycles. The Hall–Kier alpha value is -3.81. The van der Waals surface area contributed by atoms with Crippen LogP contribution in [0.15, 0.2) is 65.9 Å². The summed E-state index contributed by atoms with van der Waals surface area (Å²) >= 11 is 0. The number of nitrogens with one attached hydrogen (secondary N) is 2. The number of hydrogen-bond donors (Lipinski definition) is 2. The summed E-state index contributed by atoms with van der Waals surface area (Å²) in [4.78, 5) is 29.2. The quantitative estimate of drug-likeness (QED) is 0.572. The highest BCUT2D eigenvalue weighted by Crippen LogP contribution is 2.23. The van der Waals surface area contributed by atoms with Gasteiger partial charge in [0.05, 0.1) is 36.4 Å². The van der Waals surface area contributed by atoms with Gasteiger partial charge in [-0.1, -0.05) is 0 Å². The van der Waals surface area contributed by atoms with Gasteiger partial charge in [0.25, 0.3) is 5.91 Å². The molecule has 0 saturated carbocycles. The predicted octanol–water partition coefficient (Wildman–Crippen LogP) is 2.69. The summed E-state index contributed by atoms with van der Waals surface area (Å²) in [6.45, 7) is 0.298. The second-order valence-corrected chi connectivity index (χ2v) is 5.43. The van der Waals surface area contributed by atoms with E-state index in [1.165, 1.54) is 0 Å². The highest BCUT2D eigenvalue weighted by molar-refractivity contribution is 5.97. The normalized spacial score (nSPS) is 10.6. The van der Waals surface area contributed by atoms with Gasteiger partial charge in [-0.15, -0.1) is 0 Å². The molecule has 1 amide bonds. The van der Waals surface area contributed by atoms with Gasteiger partial charge < -0.3 is 15.1 Å². The number of carbonyl (C=O) groups excluding carboxylic acids is 1. The number of carbonyl (C=O) groups is 1. The Morgan fingerprint density at radius 1 is 1.08 bits per heavy atom. The van der Waals surface area contributed by atoms with Crippen LogP contribution in [0.3, 0.4) is 0 Å². The van der Waals surface area contributed by atoms with E-state index in [1.807, 2.05) is 0 Å². The Bertz CT molecular complexity index is 1030. The Balaban J connectivity index is 1.61. The van der Waals surface area contributed by atoms with Crippen LogP contribution in [0.1, 0.15) is 16.2 Å². The number of furan rings is 1. The summed E-state index contributed by atoms with van der Waals surface area (Å²) in [6.07, 6.45) is 9.66. The summed E-state index contributed by atoms with van der Waals surface area (Å²) < 4.78 is 5.21. The van der Waals surface area contributed by atoms with Crippen molar-refractivity contribution in [2.45, 2.75) is 6.54 Å².